The van der Waals surface area contributed by atoms with Crippen molar-refractivity contribution in [2.75, 3.05) is 26.7 Å². The Hall–Kier alpha value is -7.07. The van der Waals surface area contributed by atoms with Crippen LogP contribution in [0, 0.1) is 17.2 Å². The molecule has 7 atom stereocenters. The zero-order chi connectivity index (χ0) is 57.8. The number of rotatable bonds is 26. The van der Waals surface area contributed by atoms with E-state index in [-0.39, 0.29) is 51.0 Å². The molecule has 0 bridgehead atoms. The van der Waals surface area contributed by atoms with Crippen LogP contribution in [-0.2, 0) is 57.6 Å². The summed E-state index contributed by atoms with van der Waals surface area (Å²) in [6.45, 7) is 4.29. The SMILES string of the molecule is CN[C@@H](Cc1ccccc1)C(=O)N[C@@H](CCCCN)C(=O)N1CCC[C@H]1C(=O)C(CCN(C(=N)N)N(C(=O)OC(C)(C)C)[C@@H](Cc1ccccc1)C(=O)O)C(=O)N(C(=O)[C@H](N)CC1CCCCC1)C(=O)[C@@H](N)Cc1ccccc1. The van der Waals surface area contributed by atoms with Crippen molar-refractivity contribution in [1.82, 2.24) is 30.5 Å². The van der Waals surface area contributed by atoms with E-state index in [1.165, 1.54) is 4.90 Å². The number of aliphatic carboxylic acids is 1. The van der Waals surface area contributed by atoms with Crippen molar-refractivity contribution in [1.29, 1.82) is 5.41 Å². The molecule has 21 nitrogen and oxygen atoms in total. The minimum atomic E-state index is -2.01. The quantitative estimate of drug-likeness (QED) is 0.0186. The van der Waals surface area contributed by atoms with Gasteiger partial charge in [-0.25, -0.2) is 24.5 Å². The molecule has 12 N–H and O–H groups in total. The van der Waals surface area contributed by atoms with Gasteiger partial charge in [0.25, 0.3) is 11.8 Å². The summed E-state index contributed by atoms with van der Waals surface area (Å²) < 4.78 is 5.71. The maximum absolute atomic E-state index is 15.7. The molecule has 6 amide bonds. The Bertz CT molecular complexity index is 2530. The summed E-state index contributed by atoms with van der Waals surface area (Å²) in [6, 6.07) is 18.5. The maximum atomic E-state index is 15.7. The molecular formula is C58H83N11O10. The Morgan fingerprint density at radius 2 is 1.29 bits per heavy atom. The Kier molecular flexibility index (Phi) is 24.1. The molecule has 21 heteroatoms. The number of hydrogen-bond acceptors (Lipinski definition) is 14. The Morgan fingerprint density at radius 3 is 1.82 bits per heavy atom. The average molecular weight is 1090 g/mol. The van der Waals surface area contributed by atoms with E-state index in [0.29, 0.717) is 46.8 Å². The summed E-state index contributed by atoms with van der Waals surface area (Å²) in [4.78, 5) is 119. The monoisotopic (exact) mass is 1090 g/mol. The molecule has 2 aliphatic rings. The highest BCUT2D eigenvalue weighted by Gasteiger charge is 2.48. The van der Waals surface area contributed by atoms with E-state index in [2.05, 4.69) is 10.6 Å². The van der Waals surface area contributed by atoms with E-state index in [4.69, 9.17) is 33.1 Å². The molecule has 0 aromatic heterocycles. The van der Waals surface area contributed by atoms with Crippen molar-refractivity contribution in [3.8, 4) is 0 Å². The highest BCUT2D eigenvalue weighted by Crippen LogP contribution is 2.30. The lowest BCUT2D eigenvalue weighted by molar-refractivity contribution is -0.160. The summed E-state index contributed by atoms with van der Waals surface area (Å²) in [5.74, 6) is -9.94. The lowest BCUT2D eigenvalue weighted by atomic mass is 9.84. The van der Waals surface area contributed by atoms with Gasteiger partial charge in [-0.15, -0.1) is 0 Å². The highest BCUT2D eigenvalue weighted by atomic mass is 16.6. The Labute approximate surface area is 463 Å². The zero-order valence-corrected chi connectivity index (χ0v) is 46.2. The average Bonchev–Trinajstić information content (AvgIpc) is 3.92. The Morgan fingerprint density at radius 1 is 0.734 bits per heavy atom. The number of ketones is 1. The number of carbonyl (C=O) groups is 8. The third-order valence-electron chi connectivity index (χ3n) is 14.5. The van der Waals surface area contributed by atoms with Gasteiger partial charge in [0, 0.05) is 19.5 Å². The summed E-state index contributed by atoms with van der Waals surface area (Å²) in [6.07, 6.45) is 3.87. The molecule has 1 saturated carbocycles. The first-order chi connectivity index (χ1) is 37.6. The molecule has 1 saturated heterocycles. The predicted octanol–water partition coefficient (Wildman–Crippen LogP) is 3.79. The number of likely N-dealkylation sites (N-methyl/N-ethyl adjacent to an activating group) is 1. The number of Topliss-reactive ketones (excluding diaryl/α,β-unsaturated/α-hetero) is 1. The van der Waals surface area contributed by atoms with E-state index >= 15 is 9.59 Å². The number of guanidine groups is 1. The van der Waals surface area contributed by atoms with Gasteiger partial charge in [0.05, 0.1) is 24.2 Å². The number of nitrogens with two attached hydrogens (primary N) is 4. The summed E-state index contributed by atoms with van der Waals surface area (Å²) in [5.41, 5.74) is 26.1. The van der Waals surface area contributed by atoms with Gasteiger partial charge in [0.1, 0.15) is 17.6 Å². The third kappa shape index (κ3) is 18.2. The predicted molar refractivity (Wildman–Crippen MR) is 298 cm³/mol. The maximum Gasteiger partial charge on any atom is 0.430 e. The molecule has 430 valence electrons. The second-order valence-electron chi connectivity index (χ2n) is 21.7. The van der Waals surface area contributed by atoms with Crippen molar-refractivity contribution < 1.29 is 48.2 Å². The molecular weight excluding hydrogens is 1010 g/mol. The van der Waals surface area contributed by atoms with Crippen LogP contribution in [0.15, 0.2) is 91.0 Å². The van der Waals surface area contributed by atoms with Gasteiger partial charge in [-0.05, 0) is 115 Å². The van der Waals surface area contributed by atoms with Crippen molar-refractivity contribution >= 4 is 53.3 Å². The van der Waals surface area contributed by atoms with Crippen molar-refractivity contribution in [2.24, 2.45) is 34.8 Å². The topological polar surface area (TPSA) is 331 Å². The Balaban J connectivity index is 1.61. The van der Waals surface area contributed by atoms with Crippen LogP contribution >= 0.6 is 0 Å². The summed E-state index contributed by atoms with van der Waals surface area (Å²) in [5, 5.41) is 27.0. The van der Waals surface area contributed by atoms with Gasteiger partial charge in [0.15, 0.2) is 11.8 Å². The first-order valence-corrected chi connectivity index (χ1v) is 27.6. The van der Waals surface area contributed by atoms with Gasteiger partial charge < -0.3 is 48.3 Å². The number of amides is 6. The number of carbonyl (C=O) groups excluding carboxylic acids is 7. The fourth-order valence-corrected chi connectivity index (χ4v) is 10.4. The minimum Gasteiger partial charge on any atom is -0.480 e. The normalized spacial score (nSPS) is 17.0. The molecule has 0 radical (unpaired) electrons. The van der Waals surface area contributed by atoms with Crippen LogP contribution in [0.5, 0.6) is 0 Å². The van der Waals surface area contributed by atoms with Crippen LogP contribution in [0.1, 0.15) is 115 Å². The molecule has 1 unspecified atom stereocenters. The van der Waals surface area contributed by atoms with E-state index < -0.39 is 114 Å². The highest BCUT2D eigenvalue weighted by molar-refractivity contribution is 6.19. The number of ether oxygens (including phenoxy) is 1. The van der Waals surface area contributed by atoms with Crippen molar-refractivity contribution in [2.45, 2.75) is 159 Å². The van der Waals surface area contributed by atoms with E-state index in [0.717, 1.165) is 42.7 Å². The molecule has 5 rings (SSSR count). The third-order valence-corrected chi connectivity index (χ3v) is 14.5. The van der Waals surface area contributed by atoms with Gasteiger partial charge in [0.2, 0.25) is 23.7 Å². The number of hydrogen-bond donors (Lipinski definition) is 8. The van der Waals surface area contributed by atoms with Crippen LogP contribution in [0.25, 0.3) is 0 Å². The number of nitrogens with zero attached hydrogens (tertiary/aromatic N) is 4. The van der Waals surface area contributed by atoms with Crippen LogP contribution in [-0.4, -0.2) is 147 Å². The van der Waals surface area contributed by atoms with Gasteiger partial charge in [-0.3, -0.25) is 34.2 Å². The van der Waals surface area contributed by atoms with Crippen LogP contribution in [0.4, 0.5) is 4.79 Å². The number of carboxylic acid groups (broad SMARTS) is 1. The standard InChI is InChI=1S/C58H83N11O10/c1-58(2,3)79-57(78)69(48(55(76)77)37-41-26-15-8-16-27-41)67(56(62)63)33-30-42(51(72)68(52(73)43(60)34-38-20-9-5-10-21-38)53(74)44(61)35-39-22-11-6-12-23-39)49(70)47-29-19-32-66(47)54(75)45(28-17-18-31-59)65-50(71)46(64-4)36-40-24-13-7-14-25-40/h5,7-10,13-16,20-21,24-27,39,42-48,64H,6,11-12,17-19,22-23,28-37,59-61H2,1-4H3,(H3,62,63)(H,65,71)(H,76,77)/t42?,43-,44+,45-,46-,47-,48-/m0/s1. The molecule has 79 heavy (non-hydrogen) atoms. The lowest BCUT2D eigenvalue weighted by Crippen LogP contribution is -2.62. The fraction of sp³-hybridized carbons (Fsp3) is 0.534. The van der Waals surface area contributed by atoms with Crippen LogP contribution in [0.3, 0.4) is 0 Å². The number of carboxylic acids is 1. The molecule has 3 aromatic carbocycles. The number of nitrogens with one attached hydrogen (secondary N) is 3. The first-order valence-electron chi connectivity index (χ1n) is 27.6. The van der Waals surface area contributed by atoms with E-state index in [9.17, 15) is 33.9 Å². The fourth-order valence-electron chi connectivity index (χ4n) is 10.4. The van der Waals surface area contributed by atoms with Gasteiger partial charge in [-0.1, -0.05) is 123 Å². The van der Waals surface area contributed by atoms with Crippen LogP contribution < -0.4 is 33.6 Å². The molecule has 0 spiro atoms. The lowest BCUT2D eigenvalue weighted by Gasteiger charge is -2.40. The van der Waals surface area contributed by atoms with Crippen LogP contribution in [0.2, 0.25) is 0 Å². The van der Waals surface area contributed by atoms with Crippen molar-refractivity contribution in [3.05, 3.63) is 108 Å². The van der Waals surface area contributed by atoms with Gasteiger partial charge >= 0.3 is 12.1 Å². The number of unbranched alkanes of at least 4 members (excludes halogenated alkanes) is 1. The minimum absolute atomic E-state index is 0.00859. The molecule has 3 aromatic rings. The van der Waals surface area contributed by atoms with Gasteiger partial charge in [-0.2, -0.15) is 0 Å². The zero-order valence-electron chi connectivity index (χ0n) is 46.2. The van der Waals surface area contributed by atoms with Crippen molar-refractivity contribution in [3.63, 3.8) is 0 Å². The smallest absolute Gasteiger partial charge is 0.430 e. The largest absolute Gasteiger partial charge is 0.480 e. The second kappa shape index (κ2) is 30.3. The number of hydrazine groups is 1. The van der Waals surface area contributed by atoms with E-state index in [1.807, 2.05) is 30.3 Å². The number of imide groups is 3. The molecule has 1 aliphatic heterocycles. The summed E-state index contributed by atoms with van der Waals surface area (Å²) in [7, 11) is 1.63. The number of benzene rings is 3. The summed E-state index contributed by atoms with van der Waals surface area (Å²) >= 11 is 0. The molecule has 1 aliphatic carbocycles. The molecule has 1 heterocycles. The first kappa shape index (κ1) is 62.8. The molecule has 2 fully saturated rings. The number of likely N-dealkylation sites (tertiary alicyclic amines) is 1. The second-order valence-corrected chi connectivity index (χ2v) is 21.7. The van der Waals surface area contributed by atoms with E-state index in [1.54, 1.807) is 88.5 Å².